The van der Waals surface area contributed by atoms with Gasteiger partial charge in [0.25, 0.3) is 0 Å². The van der Waals surface area contributed by atoms with E-state index in [2.05, 4.69) is 21.2 Å². The second-order valence-corrected chi connectivity index (χ2v) is 5.29. The van der Waals surface area contributed by atoms with Crippen LogP contribution in [-0.4, -0.2) is 14.2 Å². The zero-order valence-corrected chi connectivity index (χ0v) is 13.1. The summed E-state index contributed by atoms with van der Waals surface area (Å²) in [6.07, 6.45) is 0.725. The average Bonchev–Trinajstić information content (AvgIpc) is 2.48. The van der Waals surface area contributed by atoms with Crippen LogP contribution in [0.5, 0.6) is 5.75 Å². The number of likely N-dealkylation sites (N-methyl/N-ethyl adjacent to an activating group) is 1. The number of benzene rings is 2. The summed E-state index contributed by atoms with van der Waals surface area (Å²) < 4.78 is 19.5. The molecule has 1 N–H and O–H groups in total. The molecule has 4 heteroatoms. The molecule has 2 aromatic rings. The van der Waals surface area contributed by atoms with Gasteiger partial charge in [-0.2, -0.15) is 0 Å². The summed E-state index contributed by atoms with van der Waals surface area (Å²) in [6, 6.07) is 13.0. The molecule has 0 saturated carbocycles. The molecule has 1 atom stereocenters. The van der Waals surface area contributed by atoms with E-state index in [1.54, 1.807) is 13.2 Å². The molecule has 0 aliphatic heterocycles. The van der Waals surface area contributed by atoms with Crippen LogP contribution in [0, 0.1) is 5.82 Å². The highest BCUT2D eigenvalue weighted by Gasteiger charge is 2.17. The number of ether oxygens (including phenoxy) is 1. The lowest BCUT2D eigenvalue weighted by atomic mass is 9.98. The number of halogens is 2. The second kappa shape index (κ2) is 6.86. The van der Waals surface area contributed by atoms with E-state index in [9.17, 15) is 4.39 Å². The van der Waals surface area contributed by atoms with Gasteiger partial charge in [-0.1, -0.05) is 30.3 Å². The Morgan fingerprint density at radius 3 is 2.65 bits per heavy atom. The van der Waals surface area contributed by atoms with Crippen LogP contribution < -0.4 is 10.1 Å². The molecule has 0 aliphatic rings. The van der Waals surface area contributed by atoms with Gasteiger partial charge in [0, 0.05) is 6.04 Å². The van der Waals surface area contributed by atoms with E-state index in [0.717, 1.165) is 23.3 Å². The molecular formula is C16H17BrFNO. The van der Waals surface area contributed by atoms with E-state index < -0.39 is 0 Å². The van der Waals surface area contributed by atoms with Crippen LogP contribution in [0.25, 0.3) is 0 Å². The monoisotopic (exact) mass is 337 g/mol. The second-order valence-electron chi connectivity index (χ2n) is 4.50. The van der Waals surface area contributed by atoms with Crippen molar-refractivity contribution < 1.29 is 9.13 Å². The number of nitrogens with one attached hydrogen (secondary N) is 1. The van der Waals surface area contributed by atoms with Gasteiger partial charge in [0.15, 0.2) is 0 Å². The maximum atomic E-state index is 13.7. The molecule has 106 valence electrons. The van der Waals surface area contributed by atoms with E-state index in [1.807, 2.05) is 37.4 Å². The molecule has 1 unspecified atom stereocenters. The van der Waals surface area contributed by atoms with Crippen molar-refractivity contribution in [1.82, 2.24) is 5.32 Å². The largest absolute Gasteiger partial charge is 0.496 e. The zero-order valence-electron chi connectivity index (χ0n) is 11.5. The minimum atomic E-state index is -0.247. The molecule has 0 heterocycles. The molecule has 0 spiro atoms. The maximum Gasteiger partial charge on any atom is 0.137 e. The van der Waals surface area contributed by atoms with Crippen LogP contribution in [0.15, 0.2) is 46.9 Å². The van der Waals surface area contributed by atoms with Crippen LogP contribution in [0.4, 0.5) is 4.39 Å². The Bertz CT molecular complexity index is 588. The van der Waals surface area contributed by atoms with Crippen LogP contribution >= 0.6 is 15.9 Å². The van der Waals surface area contributed by atoms with Gasteiger partial charge in [0.1, 0.15) is 11.6 Å². The Morgan fingerprint density at radius 1 is 1.20 bits per heavy atom. The standard InChI is InChI=1S/C16H17BrFNO/c1-19-14(12-7-5-8-13(18)16(12)17)10-11-6-3-4-9-15(11)20-2/h3-9,14,19H,10H2,1-2H3. The fourth-order valence-electron chi connectivity index (χ4n) is 2.25. The van der Waals surface area contributed by atoms with Gasteiger partial charge in [0.05, 0.1) is 11.6 Å². The highest BCUT2D eigenvalue weighted by Crippen LogP contribution is 2.30. The molecule has 0 radical (unpaired) electrons. The first-order valence-electron chi connectivity index (χ1n) is 6.40. The summed E-state index contributed by atoms with van der Waals surface area (Å²) in [6.45, 7) is 0. The van der Waals surface area contributed by atoms with Gasteiger partial charge >= 0.3 is 0 Å². The smallest absolute Gasteiger partial charge is 0.137 e. The van der Waals surface area contributed by atoms with Gasteiger partial charge in [-0.05, 0) is 52.7 Å². The van der Waals surface area contributed by atoms with Crippen LogP contribution in [0.2, 0.25) is 0 Å². The van der Waals surface area contributed by atoms with Crippen molar-refractivity contribution in [3.8, 4) is 5.75 Å². The van der Waals surface area contributed by atoms with Crippen molar-refractivity contribution in [3.05, 3.63) is 63.9 Å². The van der Waals surface area contributed by atoms with Crippen molar-refractivity contribution in [2.45, 2.75) is 12.5 Å². The molecule has 2 nitrogen and oxygen atoms in total. The van der Waals surface area contributed by atoms with E-state index >= 15 is 0 Å². The molecule has 0 aromatic heterocycles. The lowest BCUT2D eigenvalue weighted by Gasteiger charge is -2.19. The normalized spacial score (nSPS) is 12.2. The highest BCUT2D eigenvalue weighted by molar-refractivity contribution is 9.10. The molecule has 2 aromatic carbocycles. The number of rotatable bonds is 5. The molecule has 20 heavy (non-hydrogen) atoms. The van der Waals surface area contributed by atoms with Gasteiger partial charge in [-0.15, -0.1) is 0 Å². The first kappa shape index (κ1) is 15.0. The van der Waals surface area contributed by atoms with Crippen molar-refractivity contribution in [2.75, 3.05) is 14.2 Å². The summed E-state index contributed by atoms with van der Waals surface area (Å²) >= 11 is 3.32. The van der Waals surface area contributed by atoms with Crippen molar-refractivity contribution in [3.63, 3.8) is 0 Å². The quantitative estimate of drug-likeness (QED) is 0.886. The fourth-order valence-corrected chi connectivity index (χ4v) is 2.79. The number of para-hydroxylation sites is 1. The van der Waals surface area contributed by atoms with Crippen molar-refractivity contribution in [1.29, 1.82) is 0 Å². The Balaban J connectivity index is 2.31. The predicted molar refractivity (Wildman–Crippen MR) is 82.6 cm³/mol. The predicted octanol–water partition coefficient (Wildman–Crippen LogP) is 4.10. The molecule has 0 fully saturated rings. The summed E-state index contributed by atoms with van der Waals surface area (Å²) in [5.41, 5.74) is 1.99. The van der Waals surface area contributed by atoms with Crippen molar-refractivity contribution >= 4 is 15.9 Å². The summed E-state index contributed by atoms with van der Waals surface area (Å²) in [5, 5.41) is 3.23. The highest BCUT2D eigenvalue weighted by atomic mass is 79.9. The van der Waals surface area contributed by atoms with Gasteiger partial charge < -0.3 is 10.1 Å². The Labute approximate surface area is 127 Å². The zero-order chi connectivity index (χ0) is 14.5. The number of methoxy groups -OCH3 is 1. The lowest BCUT2D eigenvalue weighted by Crippen LogP contribution is -2.20. The minimum absolute atomic E-state index is 0.0105. The first-order chi connectivity index (χ1) is 9.67. The van der Waals surface area contributed by atoms with Crippen LogP contribution in [0.1, 0.15) is 17.2 Å². The van der Waals surface area contributed by atoms with E-state index in [0.29, 0.717) is 4.47 Å². The summed E-state index contributed by atoms with van der Waals surface area (Å²) in [7, 11) is 3.53. The van der Waals surface area contributed by atoms with E-state index in [4.69, 9.17) is 4.74 Å². The Kier molecular flexibility index (Phi) is 5.15. The SMILES string of the molecule is CNC(Cc1ccccc1OC)c1cccc(F)c1Br. The van der Waals surface area contributed by atoms with E-state index in [1.165, 1.54) is 6.07 Å². The third-order valence-electron chi connectivity index (χ3n) is 3.32. The topological polar surface area (TPSA) is 21.3 Å². The average molecular weight is 338 g/mol. The Hall–Kier alpha value is -1.39. The molecule has 0 amide bonds. The molecule has 0 saturated heterocycles. The van der Waals surface area contributed by atoms with Gasteiger partial charge in [-0.25, -0.2) is 4.39 Å². The fraction of sp³-hybridized carbons (Fsp3) is 0.250. The Morgan fingerprint density at radius 2 is 1.95 bits per heavy atom. The van der Waals surface area contributed by atoms with Crippen LogP contribution in [0.3, 0.4) is 0 Å². The molecule has 2 rings (SSSR count). The maximum absolute atomic E-state index is 13.7. The van der Waals surface area contributed by atoms with Crippen LogP contribution in [-0.2, 0) is 6.42 Å². The van der Waals surface area contributed by atoms with Gasteiger partial charge in [0.2, 0.25) is 0 Å². The van der Waals surface area contributed by atoms with Crippen molar-refractivity contribution in [2.24, 2.45) is 0 Å². The molecule has 0 bridgehead atoms. The summed E-state index contributed by atoms with van der Waals surface area (Å²) in [5.74, 6) is 0.600. The van der Waals surface area contributed by atoms with E-state index in [-0.39, 0.29) is 11.9 Å². The summed E-state index contributed by atoms with van der Waals surface area (Å²) in [4.78, 5) is 0. The minimum Gasteiger partial charge on any atom is -0.496 e. The van der Waals surface area contributed by atoms with Gasteiger partial charge in [-0.3, -0.25) is 0 Å². The molecular weight excluding hydrogens is 321 g/mol. The molecule has 0 aliphatic carbocycles. The number of hydrogen-bond donors (Lipinski definition) is 1. The lowest BCUT2D eigenvalue weighted by molar-refractivity contribution is 0.406. The third-order valence-corrected chi connectivity index (χ3v) is 4.16. The first-order valence-corrected chi connectivity index (χ1v) is 7.19. The third kappa shape index (κ3) is 3.19. The number of hydrogen-bond acceptors (Lipinski definition) is 2.